The van der Waals surface area contributed by atoms with Gasteiger partial charge in [-0.15, -0.1) is 0 Å². The van der Waals surface area contributed by atoms with Crippen LogP contribution in [0.2, 0.25) is 0 Å². The molecule has 1 fully saturated rings. The van der Waals surface area contributed by atoms with Crippen molar-refractivity contribution in [2.24, 2.45) is 16.8 Å². The van der Waals surface area contributed by atoms with Gasteiger partial charge in [0.1, 0.15) is 11.8 Å². The number of carbonyl (C=O) groups excluding carboxylic acids is 3. The van der Waals surface area contributed by atoms with Crippen LogP contribution in [0.25, 0.3) is 0 Å². The number of para-hydroxylation sites is 1. The first kappa shape index (κ1) is 18.9. The van der Waals surface area contributed by atoms with E-state index in [1.54, 1.807) is 11.8 Å². The highest BCUT2D eigenvalue weighted by Gasteiger charge is 2.37. The molecule has 2 amide bonds. The number of ether oxygens (including phenoxy) is 1. The average molecular weight is 372 g/mol. The molecule has 1 atom stereocenters. The van der Waals surface area contributed by atoms with Crippen LogP contribution in [0.15, 0.2) is 35.4 Å². The number of likely N-dealkylation sites (tertiary alicyclic amines) is 1. The molecule has 2 N–H and O–H groups in total. The molecular weight excluding hydrogens is 348 g/mol. The molecule has 1 aromatic rings. The van der Waals surface area contributed by atoms with E-state index >= 15 is 0 Å². The van der Waals surface area contributed by atoms with Gasteiger partial charge >= 0.3 is 5.97 Å². The standard InChI is InChI=1S/C19H24N4O4/c1-2-27-19(26)13-8-10-22(11-9-13)18(25)15-12-16(17(20)24)23(21-15)14-6-4-3-5-7-14/h3-7,13,16H,2,8-12H2,1H3,(H2,20,24). The van der Waals surface area contributed by atoms with E-state index in [-0.39, 0.29) is 24.2 Å². The second-order valence-electron chi connectivity index (χ2n) is 6.67. The summed E-state index contributed by atoms with van der Waals surface area (Å²) in [5.41, 5.74) is 6.55. The van der Waals surface area contributed by atoms with Gasteiger partial charge < -0.3 is 15.4 Å². The normalized spacial score (nSPS) is 20.3. The summed E-state index contributed by atoms with van der Waals surface area (Å²) in [6.07, 6.45) is 1.32. The fourth-order valence-corrected chi connectivity index (χ4v) is 3.44. The molecular formula is C19H24N4O4. The average Bonchev–Trinajstić information content (AvgIpc) is 3.14. The lowest BCUT2D eigenvalue weighted by Gasteiger charge is -2.30. The van der Waals surface area contributed by atoms with Crippen molar-refractivity contribution in [3.63, 3.8) is 0 Å². The van der Waals surface area contributed by atoms with Crippen molar-refractivity contribution in [2.45, 2.75) is 32.2 Å². The molecule has 1 unspecified atom stereocenters. The van der Waals surface area contributed by atoms with E-state index in [4.69, 9.17) is 10.5 Å². The Morgan fingerprint density at radius 1 is 1.19 bits per heavy atom. The smallest absolute Gasteiger partial charge is 0.309 e. The molecule has 8 nitrogen and oxygen atoms in total. The molecule has 0 aliphatic carbocycles. The monoisotopic (exact) mass is 372 g/mol. The molecule has 3 rings (SSSR count). The molecule has 2 aliphatic rings. The molecule has 1 saturated heterocycles. The zero-order chi connectivity index (χ0) is 19.4. The van der Waals surface area contributed by atoms with Gasteiger partial charge in [-0.1, -0.05) is 18.2 Å². The second-order valence-corrected chi connectivity index (χ2v) is 6.67. The Morgan fingerprint density at radius 3 is 2.44 bits per heavy atom. The van der Waals surface area contributed by atoms with Crippen LogP contribution in [-0.2, 0) is 19.1 Å². The van der Waals surface area contributed by atoms with Gasteiger partial charge in [-0.2, -0.15) is 5.10 Å². The Bertz CT molecular complexity index is 741. The van der Waals surface area contributed by atoms with E-state index in [1.807, 2.05) is 30.3 Å². The first-order valence-corrected chi connectivity index (χ1v) is 9.18. The van der Waals surface area contributed by atoms with Crippen LogP contribution < -0.4 is 10.7 Å². The number of nitrogens with zero attached hydrogens (tertiary/aromatic N) is 3. The lowest BCUT2D eigenvalue weighted by molar-refractivity contribution is -0.150. The summed E-state index contributed by atoms with van der Waals surface area (Å²) in [5, 5.41) is 5.90. The Morgan fingerprint density at radius 2 is 1.85 bits per heavy atom. The largest absolute Gasteiger partial charge is 0.466 e. The number of hydrogen-bond acceptors (Lipinski definition) is 6. The maximum atomic E-state index is 12.8. The SMILES string of the molecule is CCOC(=O)C1CCN(C(=O)C2=NN(c3ccccc3)C(C(N)=O)C2)CC1. The van der Waals surface area contributed by atoms with Crippen LogP contribution in [0.4, 0.5) is 5.69 Å². The van der Waals surface area contributed by atoms with Crippen LogP contribution in [0, 0.1) is 5.92 Å². The van der Waals surface area contributed by atoms with E-state index in [0.717, 1.165) is 0 Å². The molecule has 0 radical (unpaired) electrons. The Kier molecular flexibility index (Phi) is 5.73. The number of hydrazone groups is 1. The van der Waals surface area contributed by atoms with Gasteiger partial charge in [0, 0.05) is 19.5 Å². The van der Waals surface area contributed by atoms with Gasteiger partial charge in [0.25, 0.3) is 5.91 Å². The number of carbonyl (C=O) groups is 3. The number of nitrogens with two attached hydrogens (primary N) is 1. The van der Waals surface area contributed by atoms with Gasteiger partial charge in [-0.3, -0.25) is 19.4 Å². The summed E-state index contributed by atoms with van der Waals surface area (Å²) in [6.45, 7) is 3.07. The quantitative estimate of drug-likeness (QED) is 0.774. The van der Waals surface area contributed by atoms with Gasteiger partial charge in [0.15, 0.2) is 0 Å². The number of hydrogen-bond donors (Lipinski definition) is 1. The summed E-state index contributed by atoms with van der Waals surface area (Å²) < 4.78 is 5.06. The minimum atomic E-state index is -0.677. The van der Waals surface area contributed by atoms with Crippen LogP contribution >= 0.6 is 0 Å². The summed E-state index contributed by atoms with van der Waals surface area (Å²) >= 11 is 0. The molecule has 1 aromatic carbocycles. The number of benzene rings is 1. The molecule has 144 valence electrons. The first-order valence-electron chi connectivity index (χ1n) is 9.18. The summed E-state index contributed by atoms with van der Waals surface area (Å²) in [7, 11) is 0. The molecule has 0 spiro atoms. The highest BCUT2D eigenvalue weighted by molar-refractivity contribution is 6.40. The lowest BCUT2D eigenvalue weighted by atomic mass is 9.96. The van der Waals surface area contributed by atoms with E-state index in [1.165, 1.54) is 5.01 Å². The van der Waals surface area contributed by atoms with Crippen LogP contribution in [0.3, 0.4) is 0 Å². The fourth-order valence-electron chi connectivity index (χ4n) is 3.44. The third-order valence-corrected chi connectivity index (χ3v) is 4.91. The number of primary amides is 1. The number of anilines is 1. The second kappa shape index (κ2) is 8.20. The topological polar surface area (TPSA) is 105 Å². The molecule has 0 bridgehead atoms. The van der Waals surface area contributed by atoms with Crippen molar-refractivity contribution >= 4 is 29.2 Å². The van der Waals surface area contributed by atoms with Gasteiger partial charge in [-0.25, -0.2) is 0 Å². The number of esters is 1. The van der Waals surface area contributed by atoms with Gasteiger partial charge in [0.05, 0.1) is 18.2 Å². The van der Waals surface area contributed by atoms with E-state index < -0.39 is 11.9 Å². The molecule has 8 heteroatoms. The van der Waals surface area contributed by atoms with E-state index in [9.17, 15) is 14.4 Å². The highest BCUT2D eigenvalue weighted by Crippen LogP contribution is 2.26. The Balaban J connectivity index is 1.68. The summed E-state index contributed by atoms with van der Waals surface area (Å²) in [6, 6.07) is 8.49. The van der Waals surface area contributed by atoms with Crippen LogP contribution in [-0.4, -0.2) is 54.1 Å². The maximum Gasteiger partial charge on any atom is 0.309 e. The van der Waals surface area contributed by atoms with E-state index in [0.29, 0.717) is 43.9 Å². The van der Waals surface area contributed by atoms with Crippen LogP contribution in [0.5, 0.6) is 0 Å². The Hall–Kier alpha value is -2.90. The zero-order valence-electron chi connectivity index (χ0n) is 15.3. The molecule has 2 heterocycles. The van der Waals surface area contributed by atoms with Gasteiger partial charge in [-0.05, 0) is 31.9 Å². The minimum absolute atomic E-state index is 0.168. The number of rotatable bonds is 5. The van der Waals surface area contributed by atoms with Crippen molar-refractivity contribution < 1.29 is 19.1 Å². The summed E-state index contributed by atoms with van der Waals surface area (Å²) in [5.74, 6) is -1.10. The van der Waals surface area contributed by atoms with Crippen molar-refractivity contribution in [3.8, 4) is 0 Å². The van der Waals surface area contributed by atoms with Gasteiger partial charge in [0.2, 0.25) is 5.91 Å². The lowest BCUT2D eigenvalue weighted by Crippen LogP contribution is -2.44. The molecule has 2 aliphatic heterocycles. The molecule has 27 heavy (non-hydrogen) atoms. The minimum Gasteiger partial charge on any atom is -0.466 e. The Labute approximate surface area is 157 Å². The third-order valence-electron chi connectivity index (χ3n) is 4.91. The molecule has 0 aromatic heterocycles. The molecule has 0 saturated carbocycles. The first-order chi connectivity index (χ1) is 13.0. The van der Waals surface area contributed by atoms with Crippen molar-refractivity contribution in [2.75, 3.05) is 24.7 Å². The predicted molar refractivity (Wildman–Crippen MR) is 99.9 cm³/mol. The number of piperidine rings is 1. The van der Waals surface area contributed by atoms with E-state index in [2.05, 4.69) is 5.10 Å². The predicted octanol–water partition coefficient (Wildman–Crippen LogP) is 0.908. The van der Waals surface area contributed by atoms with Crippen molar-refractivity contribution in [1.82, 2.24) is 4.90 Å². The zero-order valence-corrected chi connectivity index (χ0v) is 15.3. The fraction of sp³-hybridized carbons (Fsp3) is 0.474. The maximum absolute atomic E-state index is 12.8. The van der Waals surface area contributed by atoms with Crippen LogP contribution in [0.1, 0.15) is 26.2 Å². The third kappa shape index (κ3) is 4.10. The summed E-state index contributed by atoms with van der Waals surface area (Å²) in [4.78, 5) is 38.2. The van der Waals surface area contributed by atoms with Crippen molar-refractivity contribution in [1.29, 1.82) is 0 Å². The van der Waals surface area contributed by atoms with Crippen molar-refractivity contribution in [3.05, 3.63) is 30.3 Å². The number of amides is 2. The highest BCUT2D eigenvalue weighted by atomic mass is 16.5.